The van der Waals surface area contributed by atoms with Crippen molar-refractivity contribution in [2.24, 2.45) is 0 Å². The number of aromatic nitrogens is 2. The van der Waals surface area contributed by atoms with E-state index in [4.69, 9.17) is 4.74 Å². The molecule has 2 heterocycles. The maximum Gasteiger partial charge on any atom is 0.232 e. The van der Waals surface area contributed by atoms with Crippen LogP contribution in [0.25, 0.3) is 10.9 Å². The van der Waals surface area contributed by atoms with Gasteiger partial charge < -0.3 is 9.84 Å². The van der Waals surface area contributed by atoms with Gasteiger partial charge in [0.25, 0.3) is 0 Å². The van der Waals surface area contributed by atoms with Crippen LogP contribution in [0, 0.1) is 0 Å². The molecule has 0 atom stereocenters. The Kier molecular flexibility index (Phi) is 3.87. The summed E-state index contributed by atoms with van der Waals surface area (Å²) < 4.78 is 30.2. The number of nitrogens with zero attached hydrogens (tertiary/aromatic N) is 2. The lowest BCUT2D eigenvalue weighted by Gasteiger charge is -2.09. The lowest BCUT2D eigenvalue weighted by Crippen LogP contribution is -2.08. The molecule has 0 aliphatic carbocycles. The Hall–Kier alpha value is -2.67. The zero-order valence-corrected chi connectivity index (χ0v) is 13.1. The minimum atomic E-state index is -3.73. The molecule has 0 aliphatic rings. The minimum absolute atomic E-state index is 0.0449. The highest BCUT2D eigenvalue weighted by atomic mass is 32.2. The molecule has 23 heavy (non-hydrogen) atoms. The SMILES string of the molecule is COc1ncc(O)cc1S(=O)(=O)Cc1cnc2ccccc2c1. The molecule has 0 spiro atoms. The quantitative estimate of drug-likeness (QED) is 0.789. The second kappa shape index (κ2) is 5.85. The molecule has 0 unspecified atom stereocenters. The molecule has 7 heteroatoms. The minimum Gasteiger partial charge on any atom is -0.506 e. The van der Waals surface area contributed by atoms with Crippen LogP contribution in [-0.4, -0.2) is 30.6 Å². The highest BCUT2D eigenvalue weighted by Crippen LogP contribution is 2.28. The predicted molar refractivity (Wildman–Crippen MR) is 85.1 cm³/mol. The van der Waals surface area contributed by atoms with Crippen molar-refractivity contribution in [2.45, 2.75) is 10.6 Å². The average Bonchev–Trinajstić information content (AvgIpc) is 2.54. The van der Waals surface area contributed by atoms with Crippen molar-refractivity contribution in [2.75, 3.05) is 7.11 Å². The van der Waals surface area contributed by atoms with E-state index in [1.807, 2.05) is 24.3 Å². The summed E-state index contributed by atoms with van der Waals surface area (Å²) in [4.78, 5) is 7.90. The molecule has 6 nitrogen and oxygen atoms in total. The van der Waals surface area contributed by atoms with E-state index in [0.717, 1.165) is 23.2 Å². The first-order chi connectivity index (χ1) is 11.0. The zero-order valence-electron chi connectivity index (χ0n) is 12.3. The van der Waals surface area contributed by atoms with E-state index in [0.29, 0.717) is 5.56 Å². The largest absolute Gasteiger partial charge is 0.506 e. The summed E-state index contributed by atoms with van der Waals surface area (Å²) in [5.41, 5.74) is 1.35. The first-order valence-electron chi connectivity index (χ1n) is 6.79. The molecule has 118 valence electrons. The molecule has 1 aromatic carbocycles. The van der Waals surface area contributed by atoms with E-state index in [2.05, 4.69) is 9.97 Å². The highest BCUT2D eigenvalue weighted by molar-refractivity contribution is 7.90. The van der Waals surface area contributed by atoms with Gasteiger partial charge in [0.15, 0.2) is 9.84 Å². The van der Waals surface area contributed by atoms with Crippen molar-refractivity contribution in [1.29, 1.82) is 0 Å². The second-order valence-corrected chi connectivity index (χ2v) is 6.95. The fourth-order valence-electron chi connectivity index (χ4n) is 2.29. The molecule has 0 bridgehead atoms. The molecule has 0 amide bonds. The van der Waals surface area contributed by atoms with Gasteiger partial charge in [0.05, 0.1) is 24.6 Å². The Labute approximate surface area is 133 Å². The van der Waals surface area contributed by atoms with Crippen molar-refractivity contribution >= 4 is 20.7 Å². The van der Waals surface area contributed by atoms with E-state index in [1.54, 1.807) is 6.07 Å². The Bertz CT molecular complexity index is 971. The number of aromatic hydroxyl groups is 1. The van der Waals surface area contributed by atoms with E-state index in [-0.39, 0.29) is 22.3 Å². The first-order valence-corrected chi connectivity index (χ1v) is 8.44. The summed E-state index contributed by atoms with van der Waals surface area (Å²) in [6.45, 7) is 0. The molecule has 0 fully saturated rings. The molecule has 1 N–H and O–H groups in total. The van der Waals surface area contributed by atoms with Crippen LogP contribution < -0.4 is 4.74 Å². The van der Waals surface area contributed by atoms with Crippen molar-refractivity contribution in [1.82, 2.24) is 9.97 Å². The van der Waals surface area contributed by atoms with Gasteiger partial charge in [0.1, 0.15) is 10.6 Å². The molecular weight excluding hydrogens is 316 g/mol. The fraction of sp³-hybridized carbons (Fsp3) is 0.125. The Morgan fingerprint density at radius 3 is 2.70 bits per heavy atom. The van der Waals surface area contributed by atoms with E-state index in [1.165, 1.54) is 13.3 Å². The lowest BCUT2D eigenvalue weighted by molar-refractivity contribution is 0.380. The molecule has 3 rings (SSSR count). The van der Waals surface area contributed by atoms with Crippen molar-refractivity contribution in [3.05, 3.63) is 54.4 Å². The molecule has 2 aromatic heterocycles. The van der Waals surface area contributed by atoms with Gasteiger partial charge in [-0.1, -0.05) is 18.2 Å². The predicted octanol–water partition coefficient (Wildman–Crippen LogP) is 2.32. The normalized spacial score (nSPS) is 11.5. The third-order valence-electron chi connectivity index (χ3n) is 3.34. The zero-order chi connectivity index (χ0) is 16.4. The van der Waals surface area contributed by atoms with Gasteiger partial charge in [-0.3, -0.25) is 4.98 Å². The van der Waals surface area contributed by atoms with Crippen LogP contribution in [0.2, 0.25) is 0 Å². The second-order valence-electron chi connectivity index (χ2n) is 5.00. The van der Waals surface area contributed by atoms with Gasteiger partial charge in [0, 0.05) is 17.6 Å². The number of rotatable bonds is 4. The number of fused-ring (bicyclic) bond motifs is 1. The summed E-state index contributed by atoms with van der Waals surface area (Å²) in [6.07, 6.45) is 2.66. The van der Waals surface area contributed by atoms with E-state index in [9.17, 15) is 13.5 Å². The summed E-state index contributed by atoms with van der Waals surface area (Å²) in [6, 6.07) is 10.4. The summed E-state index contributed by atoms with van der Waals surface area (Å²) in [7, 11) is -2.41. The maximum atomic E-state index is 12.6. The van der Waals surface area contributed by atoms with Crippen LogP contribution in [0.1, 0.15) is 5.56 Å². The van der Waals surface area contributed by atoms with Crippen LogP contribution in [0.4, 0.5) is 0 Å². The third kappa shape index (κ3) is 3.09. The maximum absolute atomic E-state index is 12.6. The third-order valence-corrected chi connectivity index (χ3v) is 5.01. The smallest absolute Gasteiger partial charge is 0.232 e. The van der Waals surface area contributed by atoms with Gasteiger partial charge in [-0.15, -0.1) is 0 Å². The molecular formula is C16H14N2O4S. The lowest BCUT2D eigenvalue weighted by atomic mass is 10.2. The van der Waals surface area contributed by atoms with Crippen molar-refractivity contribution < 1.29 is 18.3 Å². The van der Waals surface area contributed by atoms with Crippen molar-refractivity contribution in [3.63, 3.8) is 0 Å². The first kappa shape index (κ1) is 15.2. The van der Waals surface area contributed by atoms with Gasteiger partial charge in [-0.25, -0.2) is 13.4 Å². The number of ether oxygens (including phenoxy) is 1. The van der Waals surface area contributed by atoms with E-state index < -0.39 is 9.84 Å². The van der Waals surface area contributed by atoms with Crippen LogP contribution in [0.3, 0.4) is 0 Å². The van der Waals surface area contributed by atoms with Crippen LogP contribution in [0.15, 0.2) is 53.7 Å². The number of para-hydroxylation sites is 1. The fourth-order valence-corrected chi connectivity index (χ4v) is 3.75. The molecule has 0 saturated carbocycles. The average molecular weight is 330 g/mol. The number of hydrogen-bond acceptors (Lipinski definition) is 6. The molecule has 0 radical (unpaired) electrons. The van der Waals surface area contributed by atoms with Gasteiger partial charge >= 0.3 is 0 Å². The number of methoxy groups -OCH3 is 1. The Morgan fingerprint density at radius 1 is 1.13 bits per heavy atom. The monoisotopic (exact) mass is 330 g/mol. The Morgan fingerprint density at radius 2 is 1.91 bits per heavy atom. The van der Waals surface area contributed by atoms with Crippen LogP contribution >= 0.6 is 0 Å². The van der Waals surface area contributed by atoms with Gasteiger partial charge in [-0.2, -0.15) is 0 Å². The topological polar surface area (TPSA) is 89.4 Å². The molecule has 0 aliphatic heterocycles. The highest BCUT2D eigenvalue weighted by Gasteiger charge is 2.22. The number of pyridine rings is 2. The van der Waals surface area contributed by atoms with Crippen molar-refractivity contribution in [3.8, 4) is 11.6 Å². The number of benzene rings is 1. The summed E-state index contributed by atoms with van der Waals surface area (Å²) in [5.74, 6) is -0.538. The van der Waals surface area contributed by atoms with Crippen LogP contribution in [-0.2, 0) is 15.6 Å². The number of sulfone groups is 1. The molecule has 3 aromatic rings. The summed E-state index contributed by atoms with van der Waals surface area (Å²) >= 11 is 0. The summed E-state index contributed by atoms with van der Waals surface area (Å²) in [5, 5.41) is 10.4. The van der Waals surface area contributed by atoms with Gasteiger partial charge in [-0.05, 0) is 17.7 Å². The van der Waals surface area contributed by atoms with E-state index >= 15 is 0 Å². The standard InChI is InChI=1S/C16H14N2O4S/c1-22-16-15(7-13(19)9-18-16)23(20,21)10-11-6-12-4-2-3-5-14(12)17-8-11/h2-9,19H,10H2,1H3. The molecule has 0 saturated heterocycles. The Balaban J connectivity index is 2.01. The number of hydrogen-bond donors (Lipinski definition) is 1. The van der Waals surface area contributed by atoms with Gasteiger partial charge in [0.2, 0.25) is 5.88 Å². The van der Waals surface area contributed by atoms with Crippen LogP contribution in [0.5, 0.6) is 11.6 Å².